The average molecular weight is 259 g/mol. The van der Waals surface area contributed by atoms with Gasteiger partial charge in [-0.25, -0.2) is 9.59 Å². The van der Waals surface area contributed by atoms with Gasteiger partial charge < -0.3 is 20.1 Å². The standard InChI is InChI=1S/C10H18O2.C2H2O4/c11-10(12)8-4-7-9-5-2-1-3-6-9;3-1(4)2(5)6/h9H,1-8H2,(H,11,12);(H,3,4)(H,5,6)/p-1. The van der Waals surface area contributed by atoms with Crippen LogP contribution in [0.3, 0.4) is 0 Å². The Bertz CT molecular complexity index is 268. The summed E-state index contributed by atoms with van der Waals surface area (Å²) >= 11 is 0. The zero-order valence-corrected chi connectivity index (χ0v) is 10.3. The third-order valence-corrected chi connectivity index (χ3v) is 2.90. The molecule has 0 radical (unpaired) electrons. The average Bonchev–Trinajstić information content (AvgIpc) is 2.30. The number of carboxylic acid groups (broad SMARTS) is 3. The molecule has 6 heteroatoms. The van der Waals surface area contributed by atoms with E-state index in [4.69, 9.17) is 19.8 Å². The minimum Gasteiger partial charge on any atom is -0.550 e. The molecule has 0 unspecified atom stereocenters. The Balaban J connectivity index is 0.000000411. The summed E-state index contributed by atoms with van der Waals surface area (Å²) in [7, 11) is 0. The molecular formula is C12H19O6-. The van der Waals surface area contributed by atoms with Gasteiger partial charge in [0.2, 0.25) is 0 Å². The molecule has 0 amide bonds. The second-order valence-corrected chi connectivity index (χ2v) is 4.38. The summed E-state index contributed by atoms with van der Waals surface area (Å²) in [6.07, 6.45) is 8.83. The van der Waals surface area contributed by atoms with Crippen LogP contribution >= 0.6 is 0 Å². The minimum atomic E-state index is -1.82. The van der Waals surface area contributed by atoms with Crippen molar-refractivity contribution in [1.82, 2.24) is 0 Å². The van der Waals surface area contributed by atoms with Gasteiger partial charge in [-0.15, -0.1) is 0 Å². The molecule has 18 heavy (non-hydrogen) atoms. The molecule has 104 valence electrons. The Labute approximate surface area is 106 Å². The summed E-state index contributed by atoms with van der Waals surface area (Å²) < 4.78 is 0. The second kappa shape index (κ2) is 9.44. The van der Waals surface area contributed by atoms with E-state index in [0.29, 0.717) is 0 Å². The SMILES string of the molecule is O=C(O)C(=O)O.O=C([O-])CCCC1CCCCC1. The predicted octanol–water partition coefficient (Wildman–Crippen LogP) is 0.642. The molecule has 1 aliphatic carbocycles. The maximum absolute atomic E-state index is 10.1. The van der Waals surface area contributed by atoms with E-state index in [9.17, 15) is 9.90 Å². The van der Waals surface area contributed by atoms with Gasteiger partial charge in [0, 0.05) is 5.97 Å². The molecular weight excluding hydrogens is 240 g/mol. The van der Waals surface area contributed by atoms with Crippen LogP contribution < -0.4 is 5.11 Å². The zero-order valence-electron chi connectivity index (χ0n) is 10.3. The number of hydrogen-bond acceptors (Lipinski definition) is 4. The van der Waals surface area contributed by atoms with Gasteiger partial charge in [-0.3, -0.25) is 0 Å². The normalized spacial score (nSPS) is 15.3. The molecule has 0 heterocycles. The van der Waals surface area contributed by atoms with Crippen LogP contribution in [-0.2, 0) is 14.4 Å². The Kier molecular flexibility index (Phi) is 8.61. The van der Waals surface area contributed by atoms with E-state index in [-0.39, 0.29) is 6.42 Å². The van der Waals surface area contributed by atoms with Crippen LogP contribution in [0.2, 0.25) is 0 Å². The van der Waals surface area contributed by atoms with E-state index in [1.54, 1.807) is 0 Å². The van der Waals surface area contributed by atoms with Crippen molar-refractivity contribution < 1.29 is 29.7 Å². The molecule has 0 aromatic heterocycles. The van der Waals surface area contributed by atoms with Gasteiger partial charge in [-0.05, 0) is 18.8 Å². The van der Waals surface area contributed by atoms with Crippen molar-refractivity contribution in [3.63, 3.8) is 0 Å². The summed E-state index contributed by atoms with van der Waals surface area (Å²) in [5, 5.41) is 24.9. The highest BCUT2D eigenvalue weighted by Crippen LogP contribution is 2.27. The summed E-state index contributed by atoms with van der Waals surface area (Å²) in [6, 6.07) is 0. The van der Waals surface area contributed by atoms with Gasteiger partial charge in [-0.1, -0.05) is 38.5 Å². The van der Waals surface area contributed by atoms with Crippen molar-refractivity contribution in [2.45, 2.75) is 51.4 Å². The van der Waals surface area contributed by atoms with Crippen LogP contribution in [0.15, 0.2) is 0 Å². The van der Waals surface area contributed by atoms with Crippen molar-refractivity contribution in [3.8, 4) is 0 Å². The highest BCUT2D eigenvalue weighted by molar-refractivity contribution is 6.27. The molecule has 6 nitrogen and oxygen atoms in total. The van der Waals surface area contributed by atoms with Crippen molar-refractivity contribution in [1.29, 1.82) is 0 Å². The van der Waals surface area contributed by atoms with Crippen LogP contribution in [0.1, 0.15) is 51.4 Å². The Morgan fingerprint density at radius 3 is 1.89 bits per heavy atom. The summed E-state index contributed by atoms with van der Waals surface area (Å²) in [6.45, 7) is 0. The smallest absolute Gasteiger partial charge is 0.414 e. The maximum atomic E-state index is 10.1. The van der Waals surface area contributed by atoms with Crippen molar-refractivity contribution in [2.75, 3.05) is 0 Å². The quantitative estimate of drug-likeness (QED) is 0.716. The van der Waals surface area contributed by atoms with Crippen LogP contribution in [0.25, 0.3) is 0 Å². The van der Waals surface area contributed by atoms with E-state index < -0.39 is 17.9 Å². The van der Waals surface area contributed by atoms with Gasteiger partial charge in [0.1, 0.15) is 0 Å². The van der Waals surface area contributed by atoms with Crippen molar-refractivity contribution in [3.05, 3.63) is 0 Å². The molecule has 1 rings (SSSR count). The van der Waals surface area contributed by atoms with Gasteiger partial charge in [0.25, 0.3) is 0 Å². The fourth-order valence-corrected chi connectivity index (χ4v) is 2.01. The number of aliphatic carboxylic acids is 3. The Morgan fingerprint density at radius 2 is 1.50 bits per heavy atom. The molecule has 1 fully saturated rings. The predicted molar refractivity (Wildman–Crippen MR) is 60.7 cm³/mol. The summed E-state index contributed by atoms with van der Waals surface area (Å²) in [5.74, 6) is -3.74. The van der Waals surface area contributed by atoms with E-state index >= 15 is 0 Å². The molecule has 0 bridgehead atoms. The molecule has 0 aromatic carbocycles. The summed E-state index contributed by atoms with van der Waals surface area (Å²) in [4.78, 5) is 28.3. The lowest BCUT2D eigenvalue weighted by molar-refractivity contribution is -0.305. The monoisotopic (exact) mass is 259 g/mol. The first kappa shape index (κ1) is 16.4. The zero-order chi connectivity index (χ0) is 14.0. The van der Waals surface area contributed by atoms with E-state index in [1.807, 2.05) is 0 Å². The van der Waals surface area contributed by atoms with E-state index in [1.165, 1.54) is 32.1 Å². The van der Waals surface area contributed by atoms with Crippen LogP contribution in [-0.4, -0.2) is 28.1 Å². The number of carboxylic acids is 3. The fourth-order valence-electron chi connectivity index (χ4n) is 2.01. The first-order valence-electron chi connectivity index (χ1n) is 6.09. The molecule has 0 spiro atoms. The number of carbonyl (C=O) groups is 3. The highest BCUT2D eigenvalue weighted by atomic mass is 16.4. The number of carbonyl (C=O) groups excluding carboxylic acids is 1. The second-order valence-electron chi connectivity index (χ2n) is 4.38. The first-order chi connectivity index (χ1) is 8.43. The summed E-state index contributed by atoms with van der Waals surface area (Å²) in [5.41, 5.74) is 0. The first-order valence-corrected chi connectivity index (χ1v) is 6.09. The molecule has 0 aromatic rings. The topological polar surface area (TPSA) is 115 Å². The third-order valence-electron chi connectivity index (χ3n) is 2.90. The van der Waals surface area contributed by atoms with Crippen LogP contribution in [0, 0.1) is 5.92 Å². The minimum absolute atomic E-state index is 0.247. The molecule has 2 N–H and O–H groups in total. The van der Waals surface area contributed by atoms with Gasteiger partial charge in [0.15, 0.2) is 0 Å². The van der Waals surface area contributed by atoms with Crippen molar-refractivity contribution in [2.24, 2.45) is 5.92 Å². The van der Waals surface area contributed by atoms with Gasteiger partial charge in [0.05, 0.1) is 0 Å². The van der Waals surface area contributed by atoms with Crippen molar-refractivity contribution >= 4 is 17.9 Å². The lowest BCUT2D eigenvalue weighted by atomic mass is 9.86. The van der Waals surface area contributed by atoms with Gasteiger partial charge >= 0.3 is 11.9 Å². The number of hydrogen-bond donors (Lipinski definition) is 2. The van der Waals surface area contributed by atoms with E-state index in [2.05, 4.69) is 0 Å². The lowest BCUT2D eigenvalue weighted by Crippen LogP contribution is -2.21. The Hall–Kier alpha value is -1.59. The highest BCUT2D eigenvalue weighted by Gasteiger charge is 2.12. The molecule has 1 aliphatic rings. The lowest BCUT2D eigenvalue weighted by Gasteiger charge is -2.21. The molecule has 1 saturated carbocycles. The van der Waals surface area contributed by atoms with E-state index in [0.717, 1.165) is 18.8 Å². The molecule has 0 atom stereocenters. The third kappa shape index (κ3) is 9.62. The van der Waals surface area contributed by atoms with Gasteiger partial charge in [-0.2, -0.15) is 0 Å². The largest absolute Gasteiger partial charge is 0.550 e. The number of rotatable bonds is 4. The maximum Gasteiger partial charge on any atom is 0.414 e. The van der Waals surface area contributed by atoms with Crippen LogP contribution in [0.4, 0.5) is 0 Å². The molecule has 0 saturated heterocycles. The molecule has 0 aliphatic heterocycles. The Morgan fingerprint density at radius 1 is 1.00 bits per heavy atom. The van der Waals surface area contributed by atoms with Crippen LogP contribution in [0.5, 0.6) is 0 Å². The fraction of sp³-hybridized carbons (Fsp3) is 0.750.